The summed E-state index contributed by atoms with van der Waals surface area (Å²) in [5.41, 5.74) is -1.41. The van der Waals surface area contributed by atoms with Crippen molar-refractivity contribution < 1.29 is 22.3 Å². The minimum Gasteiger partial charge on any atom is -0.490 e. The maximum absolute atomic E-state index is 14.7. The molecule has 2 aliphatic carbocycles. The molecule has 2 fully saturated rings. The molecule has 0 aromatic heterocycles. The van der Waals surface area contributed by atoms with Crippen LogP contribution in [0.3, 0.4) is 0 Å². The number of hydrogen-bond acceptors (Lipinski definition) is 1. The van der Waals surface area contributed by atoms with Crippen LogP contribution >= 0.6 is 0 Å². The summed E-state index contributed by atoms with van der Waals surface area (Å²) < 4.78 is 60.4. The van der Waals surface area contributed by atoms with Gasteiger partial charge in [-0.15, -0.1) is 0 Å². The van der Waals surface area contributed by atoms with Crippen molar-refractivity contribution in [1.82, 2.24) is 0 Å². The van der Waals surface area contributed by atoms with Crippen LogP contribution in [0.4, 0.5) is 17.6 Å². The predicted molar refractivity (Wildman–Crippen MR) is 127 cm³/mol. The molecule has 0 atom stereocenters. The minimum atomic E-state index is -4.76. The summed E-state index contributed by atoms with van der Waals surface area (Å²) in [5.74, 6) is 1.22. The summed E-state index contributed by atoms with van der Waals surface area (Å²) in [6.07, 6.45) is 13.2. The Kier molecular flexibility index (Phi) is 9.69. The number of benzene rings is 1. The lowest BCUT2D eigenvalue weighted by molar-refractivity contribution is -0.140. The van der Waals surface area contributed by atoms with Gasteiger partial charge in [-0.1, -0.05) is 63.7 Å². The SMILES string of the molecule is C/C=C/c1ccc(OCC2CCC(C3CCC(CCCCC)CC3)CC2)c(F)c1C(F)(F)F. The molecule has 0 aliphatic heterocycles. The molecule has 0 spiro atoms. The maximum atomic E-state index is 14.7. The van der Waals surface area contributed by atoms with Crippen molar-refractivity contribution in [2.75, 3.05) is 6.61 Å². The van der Waals surface area contributed by atoms with Gasteiger partial charge in [0.1, 0.15) is 5.56 Å². The van der Waals surface area contributed by atoms with Crippen LogP contribution in [0.1, 0.15) is 102 Å². The molecule has 33 heavy (non-hydrogen) atoms. The van der Waals surface area contributed by atoms with Crippen molar-refractivity contribution in [2.24, 2.45) is 23.7 Å². The van der Waals surface area contributed by atoms with Gasteiger partial charge in [-0.05, 0) is 80.8 Å². The molecule has 186 valence electrons. The molecular formula is C28H40F4O. The molecule has 0 heterocycles. The quantitative estimate of drug-likeness (QED) is 0.259. The number of rotatable bonds is 9. The van der Waals surface area contributed by atoms with Gasteiger partial charge in [-0.2, -0.15) is 13.2 Å². The zero-order chi connectivity index (χ0) is 23.8. The van der Waals surface area contributed by atoms with Crippen molar-refractivity contribution in [3.8, 4) is 5.75 Å². The van der Waals surface area contributed by atoms with Crippen LogP contribution in [0.5, 0.6) is 5.75 Å². The normalized spacial score (nSPS) is 26.6. The van der Waals surface area contributed by atoms with Gasteiger partial charge in [-0.3, -0.25) is 0 Å². The third-order valence-corrected chi connectivity index (χ3v) is 7.91. The van der Waals surface area contributed by atoms with E-state index < -0.39 is 17.6 Å². The number of hydrogen-bond donors (Lipinski definition) is 0. The van der Waals surface area contributed by atoms with E-state index in [1.165, 1.54) is 75.7 Å². The largest absolute Gasteiger partial charge is 0.490 e. The van der Waals surface area contributed by atoms with Gasteiger partial charge in [-0.25, -0.2) is 4.39 Å². The van der Waals surface area contributed by atoms with Gasteiger partial charge >= 0.3 is 6.18 Å². The molecule has 0 saturated heterocycles. The Morgan fingerprint density at radius 1 is 0.909 bits per heavy atom. The topological polar surface area (TPSA) is 9.23 Å². The molecule has 0 radical (unpaired) electrons. The molecule has 2 saturated carbocycles. The smallest absolute Gasteiger partial charge is 0.419 e. The van der Waals surface area contributed by atoms with E-state index in [-0.39, 0.29) is 23.8 Å². The zero-order valence-electron chi connectivity index (χ0n) is 20.2. The monoisotopic (exact) mass is 468 g/mol. The van der Waals surface area contributed by atoms with Crippen LogP contribution in [0, 0.1) is 29.5 Å². The third-order valence-electron chi connectivity index (χ3n) is 7.91. The highest BCUT2D eigenvalue weighted by Crippen LogP contribution is 2.43. The van der Waals surface area contributed by atoms with E-state index >= 15 is 0 Å². The molecule has 3 rings (SSSR count). The molecule has 1 aromatic rings. The van der Waals surface area contributed by atoms with E-state index in [0.717, 1.165) is 43.4 Å². The van der Waals surface area contributed by atoms with Gasteiger partial charge < -0.3 is 4.74 Å². The Morgan fingerprint density at radius 2 is 1.52 bits per heavy atom. The summed E-state index contributed by atoms with van der Waals surface area (Å²) in [6.45, 7) is 4.15. The highest BCUT2D eigenvalue weighted by molar-refractivity contribution is 5.57. The zero-order valence-corrected chi connectivity index (χ0v) is 20.2. The lowest BCUT2D eigenvalue weighted by Crippen LogP contribution is -2.27. The maximum Gasteiger partial charge on any atom is 0.419 e. The Balaban J connectivity index is 1.47. The molecule has 1 nitrogen and oxygen atoms in total. The van der Waals surface area contributed by atoms with E-state index in [4.69, 9.17) is 4.74 Å². The van der Waals surface area contributed by atoms with Gasteiger partial charge in [0.25, 0.3) is 0 Å². The third kappa shape index (κ3) is 7.23. The van der Waals surface area contributed by atoms with Crippen molar-refractivity contribution >= 4 is 6.08 Å². The predicted octanol–water partition coefficient (Wildman–Crippen LogP) is 9.45. The molecule has 2 aliphatic rings. The highest BCUT2D eigenvalue weighted by Gasteiger charge is 2.38. The molecule has 1 aromatic carbocycles. The van der Waals surface area contributed by atoms with Gasteiger partial charge in [0, 0.05) is 0 Å². The van der Waals surface area contributed by atoms with Crippen LogP contribution in [-0.4, -0.2) is 6.61 Å². The van der Waals surface area contributed by atoms with Crippen molar-refractivity contribution in [2.45, 2.75) is 97.1 Å². The van der Waals surface area contributed by atoms with Gasteiger partial charge in [0.2, 0.25) is 0 Å². The first-order chi connectivity index (χ1) is 15.8. The molecule has 0 amide bonds. The van der Waals surface area contributed by atoms with Crippen LogP contribution in [0.25, 0.3) is 6.08 Å². The van der Waals surface area contributed by atoms with Crippen LogP contribution in [0.15, 0.2) is 18.2 Å². The molecule has 0 bridgehead atoms. The van der Waals surface area contributed by atoms with Crippen LogP contribution < -0.4 is 4.74 Å². The van der Waals surface area contributed by atoms with Crippen molar-refractivity contribution in [1.29, 1.82) is 0 Å². The average molecular weight is 469 g/mol. The van der Waals surface area contributed by atoms with E-state index in [1.54, 1.807) is 6.92 Å². The standard InChI is InChI=1S/C28H40F4O/c1-3-5-6-8-20-9-13-22(14-10-20)23-15-11-21(12-16-23)19-33-25-18-17-24(7-4-2)26(27(25)29)28(30,31)32/h4,7,17-18,20-23H,3,5-6,8-16,19H2,1-2H3/b7-4+. The second-order valence-corrected chi connectivity index (χ2v) is 10.2. The molecule has 0 N–H and O–H groups in total. The van der Waals surface area contributed by atoms with E-state index in [1.807, 2.05) is 0 Å². The summed E-state index contributed by atoms with van der Waals surface area (Å²) in [5, 5.41) is 0. The first-order valence-electron chi connectivity index (χ1n) is 13.0. The first kappa shape index (κ1) is 26.1. The summed E-state index contributed by atoms with van der Waals surface area (Å²) in [6, 6.07) is 2.61. The Bertz CT molecular complexity index is 754. The molecule has 5 heteroatoms. The van der Waals surface area contributed by atoms with Crippen molar-refractivity contribution in [3.05, 3.63) is 35.2 Å². The summed E-state index contributed by atoms with van der Waals surface area (Å²) in [4.78, 5) is 0. The fraction of sp³-hybridized carbons (Fsp3) is 0.714. The molecule has 0 unspecified atom stereocenters. The second-order valence-electron chi connectivity index (χ2n) is 10.2. The number of ether oxygens (including phenoxy) is 1. The van der Waals surface area contributed by atoms with Crippen LogP contribution in [0.2, 0.25) is 0 Å². The number of alkyl halides is 3. The van der Waals surface area contributed by atoms with E-state index in [9.17, 15) is 17.6 Å². The van der Waals surface area contributed by atoms with E-state index in [2.05, 4.69) is 6.92 Å². The first-order valence-corrected chi connectivity index (χ1v) is 13.0. The fourth-order valence-electron chi connectivity index (χ4n) is 5.96. The second kappa shape index (κ2) is 12.3. The summed E-state index contributed by atoms with van der Waals surface area (Å²) in [7, 11) is 0. The van der Waals surface area contributed by atoms with Gasteiger partial charge in [0.15, 0.2) is 11.6 Å². The minimum absolute atomic E-state index is 0.171. The van der Waals surface area contributed by atoms with Crippen LogP contribution in [-0.2, 0) is 6.18 Å². The number of allylic oxidation sites excluding steroid dienone is 1. The number of halogens is 4. The average Bonchev–Trinajstić information content (AvgIpc) is 2.79. The summed E-state index contributed by atoms with van der Waals surface area (Å²) >= 11 is 0. The highest BCUT2D eigenvalue weighted by atomic mass is 19.4. The Labute approximate surface area is 197 Å². The number of unbranched alkanes of at least 4 members (excludes halogenated alkanes) is 2. The Morgan fingerprint density at radius 3 is 2.06 bits per heavy atom. The van der Waals surface area contributed by atoms with E-state index in [0.29, 0.717) is 0 Å². The molecular weight excluding hydrogens is 428 g/mol. The Hall–Kier alpha value is -1.52. The fourth-order valence-corrected chi connectivity index (χ4v) is 5.96. The van der Waals surface area contributed by atoms with Gasteiger partial charge in [0.05, 0.1) is 6.61 Å². The lowest BCUT2D eigenvalue weighted by atomic mass is 9.69. The van der Waals surface area contributed by atoms with Crippen molar-refractivity contribution in [3.63, 3.8) is 0 Å². The lowest BCUT2D eigenvalue weighted by Gasteiger charge is -2.38.